The Labute approximate surface area is 316 Å². The quantitative estimate of drug-likeness (QED) is 0.0288. The number of benzene rings is 3. The minimum absolute atomic E-state index is 0.121. The third-order valence-corrected chi connectivity index (χ3v) is 10.5. The molecule has 0 bridgehead atoms. The van der Waals surface area contributed by atoms with Crippen molar-refractivity contribution in [3.8, 4) is 5.75 Å². The van der Waals surface area contributed by atoms with Crippen LogP contribution < -0.4 is 20.9 Å². The molecule has 0 aliphatic heterocycles. The minimum Gasteiger partial charge on any atom is -0.403 e. The highest BCUT2D eigenvalue weighted by Gasteiger charge is 2.26. The molecule has 1 unspecified atom stereocenters. The van der Waals surface area contributed by atoms with E-state index in [1.54, 1.807) is 18.2 Å². The maximum absolute atomic E-state index is 13.4. The summed E-state index contributed by atoms with van der Waals surface area (Å²) in [5.74, 6) is -0.468. The molecule has 2 amide bonds. The van der Waals surface area contributed by atoms with Crippen LogP contribution in [-0.2, 0) is 31.5 Å². The lowest BCUT2D eigenvalue weighted by Gasteiger charge is -2.21. The number of phosphoric ester groups is 1. The van der Waals surface area contributed by atoms with E-state index in [4.69, 9.17) is 26.4 Å². The second-order valence-corrected chi connectivity index (χ2v) is 15.3. The van der Waals surface area contributed by atoms with Crippen LogP contribution in [-0.4, -0.2) is 51.9 Å². The Hall–Kier alpha value is -4.12. The molecule has 5 rings (SSSR count). The first kappa shape index (κ1) is 40.1. The van der Waals surface area contributed by atoms with E-state index < -0.39 is 19.9 Å². The zero-order chi connectivity index (χ0) is 37.5. The largest absolute Gasteiger partial charge is 0.527 e. The molecule has 2 aromatic heterocycles. The maximum atomic E-state index is 13.4. The van der Waals surface area contributed by atoms with Gasteiger partial charge in [-0.05, 0) is 54.1 Å². The van der Waals surface area contributed by atoms with E-state index in [0.717, 1.165) is 90.9 Å². The third-order valence-electron chi connectivity index (χ3n) is 9.27. The number of carbonyl (C=O) groups is 2. The number of aromatic nitrogens is 2. The van der Waals surface area contributed by atoms with E-state index >= 15 is 0 Å². The Morgan fingerprint density at radius 3 is 2.19 bits per heavy atom. The monoisotopic (exact) mass is 763 g/mol. The highest BCUT2D eigenvalue weighted by molar-refractivity contribution is 7.47. The first-order chi connectivity index (χ1) is 25.7. The van der Waals surface area contributed by atoms with Crippen molar-refractivity contribution in [1.29, 1.82) is 0 Å². The molecule has 0 aliphatic rings. The fourth-order valence-corrected chi connectivity index (χ4v) is 7.46. The first-order valence-corrected chi connectivity index (χ1v) is 20.4. The predicted molar refractivity (Wildman–Crippen MR) is 211 cm³/mol. The van der Waals surface area contributed by atoms with Gasteiger partial charge in [0.05, 0.1) is 17.7 Å². The standard InChI is InChI=1S/C40H51ClN5O6P/c41-33-19-11-14-22-38(33)52-53(49,50)51-24-16-8-6-4-2-1-3-5-7-15-23-43-40(48)37(26-30-28-44-36-21-13-10-18-32(30)36)46-39(47)34(42)27-31-25-29-17-9-12-20-35(29)45-31/h9-14,17-22,25,28,34,37,44-45H,1-8,15-16,23-24,26-27,42H2,(H,43,48)(H,46,47)(H,49,50)/t34-,37+/m0/s1. The second-order valence-electron chi connectivity index (χ2n) is 13.5. The molecule has 0 fully saturated rings. The van der Waals surface area contributed by atoms with Gasteiger partial charge in [-0.1, -0.05) is 111 Å². The fourth-order valence-electron chi connectivity index (χ4n) is 6.41. The summed E-state index contributed by atoms with van der Waals surface area (Å²) in [6, 6.07) is 22.7. The summed E-state index contributed by atoms with van der Waals surface area (Å²) in [7, 11) is -4.21. The maximum Gasteiger partial charge on any atom is 0.527 e. The number of nitrogens with one attached hydrogen (secondary N) is 4. The molecule has 0 aliphatic carbocycles. The smallest absolute Gasteiger partial charge is 0.403 e. The average molecular weight is 764 g/mol. The summed E-state index contributed by atoms with van der Waals surface area (Å²) < 4.78 is 22.3. The molecular weight excluding hydrogens is 713 g/mol. The number of nitrogens with two attached hydrogens (primary N) is 1. The molecule has 5 aromatic rings. The first-order valence-electron chi connectivity index (χ1n) is 18.6. The highest BCUT2D eigenvalue weighted by Crippen LogP contribution is 2.45. The lowest BCUT2D eigenvalue weighted by atomic mass is 10.0. The van der Waals surface area contributed by atoms with Crippen LogP contribution in [0, 0.1) is 0 Å². The minimum atomic E-state index is -4.21. The molecule has 7 N–H and O–H groups in total. The number of carbonyl (C=O) groups excluding carboxylic acids is 2. The van der Waals surface area contributed by atoms with Crippen LogP contribution in [0.2, 0.25) is 5.02 Å². The van der Waals surface area contributed by atoms with Gasteiger partial charge in [0.25, 0.3) is 0 Å². The van der Waals surface area contributed by atoms with Crippen molar-refractivity contribution in [2.75, 3.05) is 13.2 Å². The molecule has 284 valence electrons. The molecule has 53 heavy (non-hydrogen) atoms. The molecule has 3 aromatic carbocycles. The van der Waals surface area contributed by atoms with Crippen LogP contribution in [0.4, 0.5) is 0 Å². The van der Waals surface area contributed by atoms with Crippen molar-refractivity contribution < 1.29 is 28.1 Å². The van der Waals surface area contributed by atoms with Gasteiger partial charge in [0, 0.05) is 47.7 Å². The third kappa shape index (κ3) is 12.8. The number of hydrogen-bond acceptors (Lipinski definition) is 6. The number of phosphoric acid groups is 1. The van der Waals surface area contributed by atoms with Crippen LogP contribution >= 0.6 is 19.4 Å². The Morgan fingerprint density at radius 1 is 0.811 bits per heavy atom. The van der Waals surface area contributed by atoms with Gasteiger partial charge >= 0.3 is 7.82 Å². The number of hydrogen-bond donors (Lipinski definition) is 6. The number of unbranched alkanes of at least 4 members (excludes halogenated alkanes) is 9. The van der Waals surface area contributed by atoms with Crippen molar-refractivity contribution in [3.05, 3.63) is 101 Å². The number of rotatable bonds is 23. The molecule has 0 radical (unpaired) electrons. The molecule has 13 heteroatoms. The van der Waals surface area contributed by atoms with E-state index in [1.165, 1.54) is 6.07 Å². The predicted octanol–water partition coefficient (Wildman–Crippen LogP) is 8.11. The average Bonchev–Trinajstić information content (AvgIpc) is 3.75. The van der Waals surface area contributed by atoms with Crippen LogP contribution in [0.15, 0.2) is 85.1 Å². The van der Waals surface area contributed by atoms with Gasteiger partial charge in [0.15, 0.2) is 0 Å². The van der Waals surface area contributed by atoms with Crippen molar-refractivity contribution >= 4 is 53.0 Å². The Bertz CT molecular complexity index is 1930. The summed E-state index contributed by atoms with van der Waals surface area (Å²) in [6.45, 7) is 0.677. The summed E-state index contributed by atoms with van der Waals surface area (Å²) in [5, 5.41) is 8.32. The molecular formula is C40H51ClN5O6P. The Morgan fingerprint density at radius 2 is 1.45 bits per heavy atom. The molecule has 3 atom stereocenters. The van der Waals surface area contributed by atoms with E-state index in [1.807, 2.05) is 60.8 Å². The molecule has 11 nitrogen and oxygen atoms in total. The lowest BCUT2D eigenvalue weighted by Crippen LogP contribution is -2.53. The van der Waals surface area contributed by atoms with Gasteiger partial charge in [-0.25, -0.2) is 4.57 Å². The number of aromatic amines is 2. The van der Waals surface area contributed by atoms with Gasteiger partial charge < -0.3 is 30.9 Å². The summed E-state index contributed by atoms with van der Waals surface area (Å²) in [4.78, 5) is 43.2. The van der Waals surface area contributed by atoms with E-state index in [-0.39, 0.29) is 29.2 Å². The van der Waals surface area contributed by atoms with Gasteiger partial charge in [-0.15, -0.1) is 0 Å². The molecule has 2 heterocycles. The number of fused-ring (bicyclic) bond motifs is 2. The summed E-state index contributed by atoms with van der Waals surface area (Å²) in [5.41, 5.74) is 10.1. The van der Waals surface area contributed by atoms with Crippen LogP contribution in [0.5, 0.6) is 5.75 Å². The zero-order valence-electron chi connectivity index (χ0n) is 30.0. The zero-order valence-corrected chi connectivity index (χ0v) is 31.7. The molecule has 0 saturated heterocycles. The van der Waals surface area contributed by atoms with Crippen molar-refractivity contribution in [3.63, 3.8) is 0 Å². The van der Waals surface area contributed by atoms with Crippen LogP contribution in [0.1, 0.15) is 75.5 Å². The normalized spacial score (nSPS) is 13.8. The second kappa shape index (κ2) is 20.4. The van der Waals surface area contributed by atoms with E-state index in [9.17, 15) is 19.0 Å². The fraction of sp³-hybridized carbons (Fsp3) is 0.400. The SMILES string of the molecule is N[C@@H](Cc1cc2ccccc2[nH]1)C(=O)N[C@H](Cc1c[nH]c2ccccc12)C(=O)NCCCCCCCCCCCCOP(=O)(O)Oc1ccccc1Cl. The highest BCUT2D eigenvalue weighted by atomic mass is 35.5. The summed E-state index contributed by atoms with van der Waals surface area (Å²) >= 11 is 5.98. The van der Waals surface area contributed by atoms with Crippen molar-refractivity contribution in [2.24, 2.45) is 5.73 Å². The van der Waals surface area contributed by atoms with Crippen molar-refractivity contribution in [2.45, 2.75) is 89.1 Å². The molecule has 0 spiro atoms. The van der Waals surface area contributed by atoms with Gasteiger partial charge in [0.1, 0.15) is 11.8 Å². The number of para-hydroxylation sites is 3. The number of H-pyrrole nitrogens is 2. The Kier molecular flexibility index (Phi) is 15.4. The van der Waals surface area contributed by atoms with Crippen molar-refractivity contribution in [1.82, 2.24) is 20.6 Å². The number of halogens is 1. The number of amides is 2. The van der Waals surface area contributed by atoms with Gasteiger partial charge in [0.2, 0.25) is 11.8 Å². The topological polar surface area (TPSA) is 172 Å². The molecule has 0 saturated carbocycles. The van der Waals surface area contributed by atoms with Gasteiger partial charge in [-0.2, -0.15) is 0 Å². The van der Waals surface area contributed by atoms with Gasteiger partial charge in [-0.3, -0.25) is 19.0 Å². The van der Waals surface area contributed by atoms with Crippen LogP contribution in [0.25, 0.3) is 21.8 Å². The summed E-state index contributed by atoms with van der Waals surface area (Å²) in [6.07, 6.45) is 12.6. The van der Waals surface area contributed by atoms with E-state index in [0.29, 0.717) is 25.8 Å². The van der Waals surface area contributed by atoms with E-state index in [2.05, 4.69) is 20.6 Å². The Balaban J connectivity index is 0.960. The van der Waals surface area contributed by atoms with Crippen LogP contribution in [0.3, 0.4) is 0 Å². The lowest BCUT2D eigenvalue weighted by molar-refractivity contribution is -0.129.